The molecule has 0 saturated carbocycles. The molecule has 1 aliphatic heterocycles. The number of anilines is 1. The molecule has 1 saturated heterocycles. The quantitative estimate of drug-likeness (QED) is 0.296. The molecule has 0 spiro atoms. The largest absolute Gasteiger partial charge is 0.362 e. The van der Waals surface area contributed by atoms with E-state index >= 15 is 0 Å². The molecule has 0 bridgehead atoms. The number of aromatic nitrogens is 2. The lowest BCUT2D eigenvalue weighted by Crippen LogP contribution is -2.31. The van der Waals surface area contributed by atoms with Gasteiger partial charge in [-0.3, -0.25) is 4.79 Å². The average molecular weight is 489 g/mol. The van der Waals surface area contributed by atoms with E-state index in [9.17, 15) is 4.79 Å². The van der Waals surface area contributed by atoms with E-state index in [-0.39, 0.29) is 11.9 Å². The van der Waals surface area contributed by atoms with Crippen molar-refractivity contribution in [3.8, 4) is 0 Å². The number of nitrogens with zero attached hydrogens (tertiary/aromatic N) is 5. The molecular weight excluding hydrogens is 448 g/mol. The molecule has 1 amide bonds. The fourth-order valence-electron chi connectivity index (χ4n) is 4.18. The lowest BCUT2D eigenvalue weighted by atomic mass is 9.93. The first-order valence-corrected chi connectivity index (χ1v) is 12.9. The van der Waals surface area contributed by atoms with Crippen molar-refractivity contribution in [2.45, 2.75) is 58.9 Å². The second-order valence-corrected chi connectivity index (χ2v) is 9.84. The topological polar surface area (TPSA) is 73.7 Å². The lowest BCUT2D eigenvalue weighted by Gasteiger charge is -2.21. The number of nitrogens with one attached hydrogen (secondary N) is 1. The molecule has 1 fully saturated rings. The summed E-state index contributed by atoms with van der Waals surface area (Å²) in [5.41, 5.74) is 3.32. The number of allylic oxidation sites excluding steroid dienone is 1. The highest BCUT2D eigenvalue weighted by Crippen LogP contribution is 2.24. The van der Waals surface area contributed by atoms with Crippen molar-refractivity contribution in [2.75, 3.05) is 32.1 Å². The fourth-order valence-corrected chi connectivity index (χ4v) is 4.18. The Morgan fingerprint density at radius 1 is 1.19 bits per heavy atom. The maximum atomic E-state index is 12.7. The highest BCUT2D eigenvalue weighted by molar-refractivity contribution is 6.00. The summed E-state index contributed by atoms with van der Waals surface area (Å²) in [5.74, 6) is 2.32. The van der Waals surface area contributed by atoms with Gasteiger partial charge in [0.2, 0.25) is 0 Å². The van der Waals surface area contributed by atoms with Gasteiger partial charge in [-0.25, -0.2) is 15.0 Å². The van der Waals surface area contributed by atoms with E-state index < -0.39 is 0 Å². The van der Waals surface area contributed by atoms with E-state index in [1.54, 1.807) is 12.1 Å². The van der Waals surface area contributed by atoms with E-state index in [0.29, 0.717) is 23.1 Å². The second kappa shape index (κ2) is 12.5. The van der Waals surface area contributed by atoms with E-state index in [1.807, 2.05) is 45.0 Å². The summed E-state index contributed by atoms with van der Waals surface area (Å²) < 4.78 is 0. The van der Waals surface area contributed by atoms with Crippen molar-refractivity contribution < 1.29 is 4.79 Å². The number of amidine groups is 1. The molecule has 192 valence electrons. The molecule has 7 nitrogen and oxygen atoms in total. The van der Waals surface area contributed by atoms with E-state index in [1.165, 1.54) is 5.56 Å². The van der Waals surface area contributed by atoms with Crippen LogP contribution in [-0.2, 0) is 0 Å². The Hall–Kier alpha value is -3.48. The summed E-state index contributed by atoms with van der Waals surface area (Å²) in [7, 11) is 3.98. The Morgan fingerprint density at radius 3 is 2.53 bits per heavy atom. The van der Waals surface area contributed by atoms with Crippen LogP contribution >= 0.6 is 0 Å². The first-order chi connectivity index (χ1) is 17.2. The molecule has 7 heteroatoms. The van der Waals surface area contributed by atoms with Crippen molar-refractivity contribution in [1.29, 1.82) is 0 Å². The number of aliphatic imine (C=N–C) groups is 1. The van der Waals surface area contributed by atoms with Crippen LogP contribution in [0.25, 0.3) is 6.08 Å². The SMILES string of the molecule is C=C(/C=C/c1nc(C(=O)NC(C)C)cc(N2CCCC2)n1)N=C(c1ccccc1C(C)CC)N(C)C. The molecular formula is C29H40N6O. The maximum absolute atomic E-state index is 12.7. The van der Waals surface area contributed by atoms with Crippen molar-refractivity contribution >= 4 is 23.6 Å². The highest BCUT2D eigenvalue weighted by Gasteiger charge is 2.19. The molecule has 2 heterocycles. The summed E-state index contributed by atoms with van der Waals surface area (Å²) in [5, 5.41) is 2.93. The van der Waals surface area contributed by atoms with Gasteiger partial charge in [0.05, 0.1) is 5.70 Å². The monoisotopic (exact) mass is 488 g/mol. The van der Waals surface area contributed by atoms with E-state index in [0.717, 1.165) is 49.6 Å². The van der Waals surface area contributed by atoms with Crippen LogP contribution in [0.2, 0.25) is 0 Å². The normalized spacial score (nSPS) is 15.0. The molecule has 0 radical (unpaired) electrons. The Bertz CT molecular complexity index is 1130. The third kappa shape index (κ3) is 7.03. The second-order valence-electron chi connectivity index (χ2n) is 9.84. The Labute approximate surface area is 216 Å². The number of amides is 1. The van der Waals surface area contributed by atoms with Gasteiger partial charge < -0.3 is 15.1 Å². The molecule has 36 heavy (non-hydrogen) atoms. The molecule has 0 aliphatic carbocycles. The van der Waals surface area contributed by atoms with Gasteiger partial charge in [0, 0.05) is 44.9 Å². The van der Waals surface area contributed by atoms with Crippen LogP contribution in [0.15, 0.2) is 53.7 Å². The van der Waals surface area contributed by atoms with Crippen LogP contribution in [0.3, 0.4) is 0 Å². The first-order valence-electron chi connectivity index (χ1n) is 12.9. The van der Waals surface area contributed by atoms with Gasteiger partial charge >= 0.3 is 0 Å². The van der Waals surface area contributed by atoms with Crippen LogP contribution in [-0.4, -0.2) is 59.8 Å². The summed E-state index contributed by atoms with van der Waals surface area (Å²) in [6.45, 7) is 14.3. The Morgan fingerprint density at radius 2 is 1.89 bits per heavy atom. The molecule has 1 aliphatic rings. The molecule has 1 atom stereocenters. The Balaban J connectivity index is 1.92. The minimum Gasteiger partial charge on any atom is -0.362 e. The first kappa shape index (κ1) is 27.1. The van der Waals surface area contributed by atoms with Crippen molar-refractivity contribution in [3.05, 3.63) is 71.3 Å². The van der Waals surface area contributed by atoms with Crippen LogP contribution < -0.4 is 10.2 Å². The van der Waals surface area contributed by atoms with Crippen LogP contribution in [0, 0.1) is 0 Å². The summed E-state index contributed by atoms with van der Waals surface area (Å²) in [6.07, 6.45) is 6.89. The van der Waals surface area contributed by atoms with Crippen molar-refractivity contribution in [3.63, 3.8) is 0 Å². The molecule has 3 rings (SSSR count). The van der Waals surface area contributed by atoms with Gasteiger partial charge in [-0.1, -0.05) is 44.7 Å². The van der Waals surface area contributed by atoms with Gasteiger partial charge in [-0.05, 0) is 56.7 Å². The van der Waals surface area contributed by atoms with Gasteiger partial charge in [0.25, 0.3) is 5.91 Å². The number of carbonyl (C=O) groups is 1. The lowest BCUT2D eigenvalue weighted by molar-refractivity contribution is 0.0938. The molecule has 1 aromatic heterocycles. The molecule has 1 N–H and O–H groups in total. The predicted molar refractivity (Wildman–Crippen MR) is 150 cm³/mol. The van der Waals surface area contributed by atoms with Gasteiger partial charge in [0.15, 0.2) is 5.82 Å². The minimum atomic E-state index is -0.198. The number of rotatable bonds is 9. The summed E-state index contributed by atoms with van der Waals surface area (Å²) in [6, 6.07) is 10.2. The van der Waals surface area contributed by atoms with Crippen LogP contribution in [0.5, 0.6) is 0 Å². The summed E-state index contributed by atoms with van der Waals surface area (Å²) >= 11 is 0. The predicted octanol–water partition coefficient (Wildman–Crippen LogP) is 5.26. The third-order valence-corrected chi connectivity index (χ3v) is 6.26. The van der Waals surface area contributed by atoms with E-state index in [2.05, 4.69) is 53.8 Å². The van der Waals surface area contributed by atoms with Gasteiger partial charge in [-0.2, -0.15) is 0 Å². The minimum absolute atomic E-state index is 0.0265. The fraction of sp³-hybridized carbons (Fsp3) is 0.448. The molecule has 1 aromatic carbocycles. The number of benzene rings is 1. The Kier molecular flexibility index (Phi) is 9.39. The van der Waals surface area contributed by atoms with Gasteiger partial charge in [-0.15, -0.1) is 0 Å². The average Bonchev–Trinajstić information content (AvgIpc) is 3.40. The number of carbonyl (C=O) groups excluding carboxylic acids is 1. The molecule has 2 aromatic rings. The standard InChI is InChI=1S/C29H40N6O/c1-8-21(4)23-13-9-10-14-24(23)28(34(6)7)31-22(5)15-16-26-32-25(29(36)30-20(2)3)19-27(33-26)35-17-11-12-18-35/h9-10,13-16,19-21H,5,8,11-12,17-18H2,1-4,6-7H3,(H,30,36)/b16-15+,31-28?. The summed E-state index contributed by atoms with van der Waals surface area (Å²) in [4.78, 5) is 31.0. The van der Waals surface area contributed by atoms with Crippen molar-refractivity contribution in [2.24, 2.45) is 4.99 Å². The highest BCUT2D eigenvalue weighted by atomic mass is 16.1. The zero-order valence-corrected chi connectivity index (χ0v) is 22.6. The van der Waals surface area contributed by atoms with Crippen LogP contribution in [0.4, 0.5) is 5.82 Å². The molecule has 1 unspecified atom stereocenters. The smallest absolute Gasteiger partial charge is 0.270 e. The van der Waals surface area contributed by atoms with Gasteiger partial charge in [0.1, 0.15) is 17.3 Å². The number of hydrogen-bond donors (Lipinski definition) is 1. The van der Waals surface area contributed by atoms with Crippen LogP contribution in [0.1, 0.15) is 80.3 Å². The maximum Gasteiger partial charge on any atom is 0.270 e. The number of hydrogen-bond acceptors (Lipinski definition) is 5. The third-order valence-electron chi connectivity index (χ3n) is 6.26. The zero-order valence-electron chi connectivity index (χ0n) is 22.6. The zero-order chi connectivity index (χ0) is 26.2. The van der Waals surface area contributed by atoms with E-state index in [4.69, 9.17) is 9.98 Å². The van der Waals surface area contributed by atoms with Crippen molar-refractivity contribution in [1.82, 2.24) is 20.2 Å².